The molecule has 0 radical (unpaired) electrons. The lowest BCUT2D eigenvalue weighted by Gasteiger charge is -2.31. The molecule has 244 valence electrons. The van der Waals surface area contributed by atoms with E-state index >= 15 is 0 Å². The van der Waals surface area contributed by atoms with Gasteiger partial charge in [0.25, 0.3) is 5.91 Å². The van der Waals surface area contributed by atoms with Gasteiger partial charge in [-0.15, -0.1) is 0 Å². The van der Waals surface area contributed by atoms with Crippen LogP contribution in [0, 0.1) is 0 Å². The van der Waals surface area contributed by atoms with E-state index in [1.165, 1.54) is 0 Å². The molecule has 0 aliphatic carbocycles. The summed E-state index contributed by atoms with van der Waals surface area (Å²) in [5.74, 6) is -0.267. The summed E-state index contributed by atoms with van der Waals surface area (Å²) in [4.78, 5) is 34.9. The lowest BCUT2D eigenvalue weighted by Crippen LogP contribution is -2.53. The molecule has 2 atom stereocenters. The zero-order chi connectivity index (χ0) is 32.9. The number of carbonyl (C=O) groups excluding carboxylic acids is 2. The summed E-state index contributed by atoms with van der Waals surface area (Å²) in [7, 11) is 0. The van der Waals surface area contributed by atoms with Crippen molar-refractivity contribution in [1.29, 1.82) is 0 Å². The summed E-state index contributed by atoms with van der Waals surface area (Å²) in [5, 5.41) is 12.9. The smallest absolute Gasteiger partial charge is 0.306 e. The molecule has 0 fully saturated rings. The number of nitrogens with one attached hydrogen (secondary N) is 2. The molecular formula is C32H44N6O7. The van der Waals surface area contributed by atoms with Gasteiger partial charge in [-0.25, -0.2) is 10.4 Å². The zero-order valence-corrected chi connectivity index (χ0v) is 26.6. The van der Waals surface area contributed by atoms with Crippen molar-refractivity contribution < 1.29 is 33.6 Å². The second-order valence-corrected chi connectivity index (χ2v) is 11.8. The Balaban J connectivity index is 2.01. The first-order valence-electron chi connectivity index (χ1n) is 15.1. The van der Waals surface area contributed by atoms with Gasteiger partial charge in [0.1, 0.15) is 11.4 Å². The minimum absolute atomic E-state index is 0.0233. The predicted molar refractivity (Wildman–Crippen MR) is 169 cm³/mol. The van der Waals surface area contributed by atoms with E-state index in [-0.39, 0.29) is 37.1 Å². The van der Waals surface area contributed by atoms with Gasteiger partial charge in [0.2, 0.25) is 5.90 Å². The van der Waals surface area contributed by atoms with Crippen molar-refractivity contribution in [2.75, 3.05) is 26.4 Å². The normalized spacial score (nSPS) is 17.7. The summed E-state index contributed by atoms with van der Waals surface area (Å²) in [6.45, 7) is 10.5. The van der Waals surface area contributed by atoms with Crippen LogP contribution >= 0.6 is 0 Å². The largest absolute Gasteiger partial charge is 0.494 e. The molecule has 13 nitrogen and oxygen atoms in total. The number of azide groups is 1. The Morgan fingerprint density at radius 1 is 1.13 bits per heavy atom. The fraction of sp³-hybridized carbons (Fsp3) is 0.531. The van der Waals surface area contributed by atoms with E-state index in [0.717, 1.165) is 0 Å². The van der Waals surface area contributed by atoms with E-state index in [1.54, 1.807) is 69.3 Å². The fourth-order valence-corrected chi connectivity index (χ4v) is 4.61. The molecule has 13 heteroatoms. The van der Waals surface area contributed by atoms with Crippen LogP contribution in [-0.2, 0) is 23.8 Å². The van der Waals surface area contributed by atoms with Crippen LogP contribution in [0.1, 0.15) is 77.5 Å². The minimum Gasteiger partial charge on any atom is -0.494 e. The Morgan fingerprint density at radius 2 is 1.87 bits per heavy atom. The lowest BCUT2D eigenvalue weighted by atomic mass is 9.83. The van der Waals surface area contributed by atoms with E-state index in [9.17, 15) is 15.1 Å². The van der Waals surface area contributed by atoms with E-state index < -0.39 is 29.1 Å². The minimum atomic E-state index is -1.65. The number of hydrogen-bond donors (Lipinski definition) is 3. The molecule has 2 aromatic rings. The molecule has 0 saturated heterocycles. The van der Waals surface area contributed by atoms with Crippen molar-refractivity contribution in [3.63, 3.8) is 0 Å². The quantitative estimate of drug-likeness (QED) is 0.0537. The van der Waals surface area contributed by atoms with Gasteiger partial charge in [0, 0.05) is 54.3 Å². The van der Waals surface area contributed by atoms with Gasteiger partial charge in [-0.1, -0.05) is 29.4 Å². The van der Waals surface area contributed by atoms with E-state index in [1.807, 2.05) is 13.8 Å². The van der Waals surface area contributed by atoms with Gasteiger partial charge in [-0.05, 0) is 77.3 Å². The van der Waals surface area contributed by atoms with Crippen LogP contribution in [0.25, 0.3) is 10.4 Å². The number of benzene rings is 2. The first-order valence-corrected chi connectivity index (χ1v) is 15.1. The molecule has 1 heterocycles. The van der Waals surface area contributed by atoms with Crippen LogP contribution in [0.2, 0.25) is 0 Å². The van der Waals surface area contributed by atoms with Gasteiger partial charge in [0.15, 0.2) is 11.6 Å². The van der Waals surface area contributed by atoms with Crippen molar-refractivity contribution in [2.45, 2.75) is 83.6 Å². The topological polar surface area (TPSA) is 176 Å². The van der Waals surface area contributed by atoms with Crippen molar-refractivity contribution in [1.82, 2.24) is 10.9 Å². The van der Waals surface area contributed by atoms with Crippen LogP contribution in [0.5, 0.6) is 5.75 Å². The third-order valence-electron chi connectivity index (χ3n) is 6.63. The first-order chi connectivity index (χ1) is 21.5. The van der Waals surface area contributed by atoms with Crippen molar-refractivity contribution in [2.24, 2.45) is 10.1 Å². The SMILES string of the molecule is CC(C)OCCCNNC(=O)[C@@]1(CCC(=O)OC(C)(C)C)N=C(c2ccc(OCCCO)cc2)O[C@H]1c1ccccc1N=[N+]=[N-]. The molecule has 2 aromatic carbocycles. The fourth-order valence-electron chi connectivity index (χ4n) is 4.61. The molecule has 3 rings (SSSR count). The van der Waals surface area contributed by atoms with E-state index in [4.69, 9.17) is 29.0 Å². The molecule has 1 aliphatic heterocycles. The number of nitrogens with zero attached hydrogens (tertiary/aromatic N) is 4. The van der Waals surface area contributed by atoms with Gasteiger partial charge >= 0.3 is 5.97 Å². The highest BCUT2D eigenvalue weighted by Gasteiger charge is 2.54. The van der Waals surface area contributed by atoms with Crippen LogP contribution in [0.4, 0.5) is 5.69 Å². The summed E-state index contributed by atoms with van der Waals surface area (Å²) in [6, 6.07) is 13.8. The van der Waals surface area contributed by atoms with Gasteiger partial charge < -0.3 is 24.1 Å². The summed E-state index contributed by atoms with van der Waals surface area (Å²) in [6.07, 6.45) is -0.0135. The van der Waals surface area contributed by atoms with Gasteiger partial charge in [-0.2, -0.15) is 0 Å². The van der Waals surface area contributed by atoms with Crippen molar-refractivity contribution in [3.05, 3.63) is 70.1 Å². The maximum atomic E-state index is 14.1. The highest BCUT2D eigenvalue weighted by atomic mass is 16.6. The second kappa shape index (κ2) is 16.8. The molecular weight excluding hydrogens is 580 g/mol. The molecule has 0 aromatic heterocycles. The predicted octanol–water partition coefficient (Wildman–Crippen LogP) is 5.20. The highest BCUT2D eigenvalue weighted by Crippen LogP contribution is 2.46. The van der Waals surface area contributed by atoms with E-state index in [2.05, 4.69) is 20.9 Å². The maximum absolute atomic E-state index is 14.1. The summed E-state index contributed by atoms with van der Waals surface area (Å²) < 4.78 is 23.2. The Labute approximate surface area is 263 Å². The van der Waals surface area contributed by atoms with Crippen LogP contribution < -0.4 is 15.6 Å². The van der Waals surface area contributed by atoms with Crippen LogP contribution in [-0.4, -0.2) is 66.5 Å². The average molecular weight is 625 g/mol. The Kier molecular flexibility index (Phi) is 13.2. The number of ether oxygens (including phenoxy) is 4. The number of esters is 1. The number of amides is 1. The number of carbonyl (C=O) groups is 2. The average Bonchev–Trinajstić information content (AvgIpc) is 3.38. The molecule has 0 saturated carbocycles. The third-order valence-corrected chi connectivity index (χ3v) is 6.63. The van der Waals surface area contributed by atoms with E-state index in [0.29, 0.717) is 49.5 Å². The Morgan fingerprint density at radius 3 is 2.53 bits per heavy atom. The molecule has 1 aliphatic rings. The molecule has 3 N–H and O–H groups in total. The number of rotatable bonds is 17. The number of aliphatic hydroxyl groups is 1. The number of hydrazine groups is 1. The third kappa shape index (κ3) is 10.5. The van der Waals surface area contributed by atoms with Crippen molar-refractivity contribution >= 4 is 23.5 Å². The number of hydrogen-bond acceptors (Lipinski definition) is 10. The maximum Gasteiger partial charge on any atom is 0.306 e. The number of aliphatic hydroxyl groups excluding tert-OH is 1. The van der Waals surface area contributed by atoms with Crippen LogP contribution in [0.3, 0.4) is 0 Å². The van der Waals surface area contributed by atoms with Gasteiger partial charge in [-0.3, -0.25) is 15.0 Å². The Bertz CT molecular complexity index is 1350. The standard InChI is InChI=1S/C32H44N6O7/c1-22(2)42-20-8-18-34-37-30(41)32(17-16-27(40)45-31(3,4)5)28(25-10-6-7-11-26(25)36-38-33)44-29(35-32)23-12-14-24(15-13-23)43-21-9-19-39/h6-7,10-15,22,28,34,39H,8-9,16-21H2,1-5H3,(H,37,41)/t28-,32-/m0/s1. The Hall–Kier alpha value is -4.16. The molecule has 1 amide bonds. The molecule has 0 bridgehead atoms. The lowest BCUT2D eigenvalue weighted by molar-refractivity contribution is -0.155. The molecule has 45 heavy (non-hydrogen) atoms. The van der Waals surface area contributed by atoms with Crippen molar-refractivity contribution in [3.8, 4) is 5.75 Å². The van der Waals surface area contributed by atoms with Gasteiger partial charge in [0.05, 0.1) is 12.7 Å². The van der Waals surface area contributed by atoms with Crippen LogP contribution in [0.15, 0.2) is 58.6 Å². The summed E-state index contributed by atoms with van der Waals surface area (Å²) in [5.41, 5.74) is 13.9. The number of aliphatic imine (C=N–C) groups is 1. The second-order valence-electron chi connectivity index (χ2n) is 11.8. The monoisotopic (exact) mass is 624 g/mol. The molecule has 0 unspecified atom stereocenters. The zero-order valence-electron chi connectivity index (χ0n) is 26.6. The summed E-state index contributed by atoms with van der Waals surface area (Å²) >= 11 is 0. The molecule has 0 spiro atoms. The highest BCUT2D eigenvalue weighted by molar-refractivity contribution is 6.01. The first kappa shape index (κ1) is 35.3.